The van der Waals surface area contributed by atoms with Crippen molar-refractivity contribution in [3.05, 3.63) is 205 Å². The zero-order chi connectivity index (χ0) is 42.6. The predicted molar refractivity (Wildman–Crippen MR) is 263 cm³/mol. The molecule has 13 rings (SSSR count). The van der Waals surface area contributed by atoms with Crippen LogP contribution in [-0.2, 0) is 6.42 Å². The lowest BCUT2D eigenvalue weighted by Crippen LogP contribution is -2.09. The molecule has 9 aromatic carbocycles. The van der Waals surface area contributed by atoms with Crippen LogP contribution in [0.5, 0.6) is 0 Å². The summed E-state index contributed by atoms with van der Waals surface area (Å²) in [6.45, 7) is 2.06. The maximum atomic E-state index is 11.4. The van der Waals surface area contributed by atoms with Crippen LogP contribution in [0, 0.1) is 22.7 Å². The van der Waals surface area contributed by atoms with E-state index >= 15 is 0 Å². The molecule has 0 saturated carbocycles. The van der Waals surface area contributed by atoms with Crippen molar-refractivity contribution >= 4 is 87.2 Å². The average Bonchev–Trinajstić information content (AvgIpc) is 4.08. The van der Waals surface area contributed by atoms with Gasteiger partial charge in [0.2, 0.25) is 0 Å². The molecule has 0 fully saturated rings. The largest absolute Gasteiger partial charge is 0.309 e. The number of fused-ring (bicyclic) bond motifs is 14. The standard InChI is InChI=1S/C58H36N6/c1-2-38-45(34-59)53(63-47-25-13-9-21-39(47)41-29-31-51-55(57(41)63)43-23-11-15-27-49(43)61(51)36-17-5-3-6-18-36)33-54(46(38)35-60)64-48-26-14-10-22-40(48)42-30-32-52-56(58(42)64)44-24-12-16-28-50(44)62(52)37-19-7-4-8-20-37/h3-33H,2H2,1H3. The second kappa shape index (κ2) is 13.6. The second-order valence-corrected chi connectivity index (χ2v) is 16.5. The molecule has 4 heterocycles. The molecule has 13 aromatic rings. The predicted octanol–water partition coefficient (Wildman–Crippen LogP) is 14.4. The lowest BCUT2D eigenvalue weighted by molar-refractivity contribution is 1.05. The van der Waals surface area contributed by atoms with Crippen LogP contribution in [0.15, 0.2) is 188 Å². The molecule has 298 valence electrons. The van der Waals surface area contributed by atoms with Gasteiger partial charge in [0.1, 0.15) is 12.1 Å². The number of rotatable bonds is 5. The average molecular weight is 817 g/mol. The molecule has 0 amide bonds. The topological polar surface area (TPSA) is 67.3 Å². The van der Waals surface area contributed by atoms with Crippen molar-refractivity contribution in [1.29, 1.82) is 10.5 Å². The summed E-state index contributed by atoms with van der Waals surface area (Å²) in [6, 6.07) is 71.6. The summed E-state index contributed by atoms with van der Waals surface area (Å²) in [5.74, 6) is 0. The summed E-state index contributed by atoms with van der Waals surface area (Å²) in [5, 5.41) is 31.6. The third-order valence-electron chi connectivity index (χ3n) is 13.4. The number of benzene rings is 9. The van der Waals surface area contributed by atoms with E-state index in [9.17, 15) is 10.5 Å². The SMILES string of the molecule is CCc1c(C#N)c(-n2c3ccccc3c3ccc4c(c5ccccc5n4-c4ccccc4)c32)cc(-n2c3ccccc3c3ccc4c(c5ccccc5n4-c4ccccc4)c32)c1C#N. The van der Waals surface area contributed by atoms with Crippen LogP contribution in [0.25, 0.3) is 110 Å². The summed E-state index contributed by atoms with van der Waals surface area (Å²) < 4.78 is 9.30. The Balaban J connectivity index is 1.23. The molecule has 0 saturated heterocycles. The van der Waals surface area contributed by atoms with Gasteiger partial charge in [-0.05, 0) is 78.7 Å². The lowest BCUT2D eigenvalue weighted by Gasteiger charge is -2.20. The molecule has 0 unspecified atom stereocenters. The minimum atomic E-state index is 0.492. The van der Waals surface area contributed by atoms with Crippen LogP contribution < -0.4 is 0 Å². The monoisotopic (exact) mass is 816 g/mol. The number of nitrogens with zero attached hydrogens (tertiary/aromatic N) is 6. The molecular formula is C58H36N6. The summed E-state index contributed by atoms with van der Waals surface area (Å²) in [6.07, 6.45) is 0.492. The van der Waals surface area contributed by atoms with Crippen LogP contribution in [0.1, 0.15) is 23.6 Å². The third-order valence-corrected chi connectivity index (χ3v) is 13.4. The second-order valence-electron chi connectivity index (χ2n) is 16.5. The summed E-state index contributed by atoms with van der Waals surface area (Å²) in [4.78, 5) is 0. The minimum absolute atomic E-state index is 0.492. The normalized spacial score (nSPS) is 11.9. The van der Waals surface area contributed by atoms with Crippen LogP contribution >= 0.6 is 0 Å². The summed E-state index contributed by atoms with van der Waals surface area (Å²) in [5.41, 5.74) is 13.8. The fraction of sp³-hybridized carbons (Fsp3) is 0.0345. The molecule has 0 aliphatic rings. The molecule has 6 nitrogen and oxygen atoms in total. The highest BCUT2D eigenvalue weighted by molar-refractivity contribution is 6.28. The molecule has 0 radical (unpaired) electrons. The van der Waals surface area contributed by atoms with Crippen molar-refractivity contribution in [1.82, 2.24) is 18.3 Å². The molecular weight excluding hydrogens is 781 g/mol. The van der Waals surface area contributed by atoms with Gasteiger partial charge in [0.05, 0.1) is 66.6 Å². The molecule has 0 spiro atoms. The number of hydrogen-bond donors (Lipinski definition) is 0. The Morgan fingerprint density at radius 3 is 1.11 bits per heavy atom. The lowest BCUT2D eigenvalue weighted by atomic mass is 9.95. The first-order valence-electron chi connectivity index (χ1n) is 21.7. The number of aromatic nitrogens is 4. The zero-order valence-electron chi connectivity index (χ0n) is 34.8. The number of nitriles is 2. The summed E-state index contributed by atoms with van der Waals surface area (Å²) in [7, 11) is 0. The Kier molecular flexibility index (Phi) is 7.61. The molecule has 0 N–H and O–H groups in total. The van der Waals surface area contributed by atoms with E-state index in [1.165, 1.54) is 0 Å². The van der Waals surface area contributed by atoms with Gasteiger partial charge in [0.25, 0.3) is 0 Å². The van der Waals surface area contributed by atoms with E-state index in [4.69, 9.17) is 0 Å². The molecule has 0 aliphatic heterocycles. The third kappa shape index (κ3) is 4.71. The Hall–Kier alpha value is -8.84. The van der Waals surface area contributed by atoms with E-state index in [1.54, 1.807) is 0 Å². The smallest absolute Gasteiger partial charge is 0.102 e. The van der Waals surface area contributed by atoms with Crippen molar-refractivity contribution in [2.75, 3.05) is 0 Å². The first kappa shape index (κ1) is 35.9. The molecule has 6 heteroatoms. The van der Waals surface area contributed by atoms with E-state index in [0.29, 0.717) is 17.5 Å². The van der Waals surface area contributed by atoms with Gasteiger partial charge in [-0.2, -0.15) is 10.5 Å². The fourth-order valence-corrected chi connectivity index (χ4v) is 10.9. The van der Waals surface area contributed by atoms with Crippen molar-refractivity contribution in [3.63, 3.8) is 0 Å². The maximum absolute atomic E-state index is 11.4. The quantitative estimate of drug-likeness (QED) is 0.174. The molecule has 0 bridgehead atoms. The van der Waals surface area contributed by atoms with Crippen molar-refractivity contribution in [2.24, 2.45) is 0 Å². The fourth-order valence-electron chi connectivity index (χ4n) is 10.9. The van der Waals surface area contributed by atoms with Gasteiger partial charge < -0.3 is 18.3 Å². The highest BCUT2D eigenvalue weighted by Crippen LogP contribution is 2.46. The van der Waals surface area contributed by atoms with E-state index in [0.717, 1.165) is 116 Å². The Labute approximate surface area is 367 Å². The van der Waals surface area contributed by atoms with Crippen molar-refractivity contribution in [3.8, 4) is 34.9 Å². The number of para-hydroxylation sites is 6. The summed E-state index contributed by atoms with van der Waals surface area (Å²) >= 11 is 0. The van der Waals surface area contributed by atoms with Gasteiger partial charge in [-0.25, -0.2) is 0 Å². The highest BCUT2D eigenvalue weighted by atomic mass is 15.0. The van der Waals surface area contributed by atoms with Crippen molar-refractivity contribution < 1.29 is 0 Å². The van der Waals surface area contributed by atoms with E-state index in [1.807, 2.05) is 12.1 Å². The van der Waals surface area contributed by atoms with E-state index in [-0.39, 0.29) is 0 Å². The first-order chi connectivity index (χ1) is 31.7. The molecule has 64 heavy (non-hydrogen) atoms. The first-order valence-corrected chi connectivity index (χ1v) is 21.7. The molecule has 0 aliphatic carbocycles. The minimum Gasteiger partial charge on any atom is -0.309 e. The van der Waals surface area contributed by atoms with Crippen LogP contribution in [0.4, 0.5) is 0 Å². The number of hydrogen-bond acceptors (Lipinski definition) is 2. The highest BCUT2D eigenvalue weighted by Gasteiger charge is 2.28. The zero-order valence-corrected chi connectivity index (χ0v) is 34.8. The van der Waals surface area contributed by atoms with Gasteiger partial charge in [-0.1, -0.05) is 128 Å². The molecule has 4 aromatic heterocycles. The van der Waals surface area contributed by atoms with Crippen LogP contribution in [0.3, 0.4) is 0 Å². The van der Waals surface area contributed by atoms with Gasteiger partial charge >= 0.3 is 0 Å². The van der Waals surface area contributed by atoms with Gasteiger partial charge in [0, 0.05) is 54.5 Å². The van der Waals surface area contributed by atoms with E-state index in [2.05, 4.69) is 213 Å². The van der Waals surface area contributed by atoms with Gasteiger partial charge in [-0.3, -0.25) is 0 Å². The van der Waals surface area contributed by atoms with Gasteiger partial charge in [0.15, 0.2) is 0 Å². The van der Waals surface area contributed by atoms with E-state index < -0.39 is 0 Å². The van der Waals surface area contributed by atoms with Crippen molar-refractivity contribution in [2.45, 2.75) is 13.3 Å². The maximum Gasteiger partial charge on any atom is 0.102 e. The molecule has 0 atom stereocenters. The van der Waals surface area contributed by atoms with Crippen LogP contribution in [0.2, 0.25) is 0 Å². The van der Waals surface area contributed by atoms with Crippen LogP contribution in [-0.4, -0.2) is 18.3 Å². The Morgan fingerprint density at radius 1 is 0.359 bits per heavy atom. The Morgan fingerprint density at radius 2 is 0.719 bits per heavy atom. The van der Waals surface area contributed by atoms with Gasteiger partial charge in [-0.15, -0.1) is 0 Å². The Bertz CT molecular complexity index is 3920.